The molecule has 0 radical (unpaired) electrons. The van der Waals surface area contributed by atoms with Gasteiger partial charge in [-0.05, 0) is 48.2 Å². The molecule has 6 heteroatoms. The molecule has 2 aromatic carbocycles. The van der Waals surface area contributed by atoms with Gasteiger partial charge in [0, 0.05) is 5.92 Å². The molecular formula is C23H30O6. The molecule has 0 aromatic heterocycles. The van der Waals surface area contributed by atoms with E-state index in [2.05, 4.69) is 6.92 Å². The molecule has 0 bridgehead atoms. The monoisotopic (exact) mass is 402 g/mol. The molecule has 29 heavy (non-hydrogen) atoms. The van der Waals surface area contributed by atoms with Gasteiger partial charge in [0.05, 0.1) is 13.2 Å². The summed E-state index contributed by atoms with van der Waals surface area (Å²) in [6.45, 7) is 6.26. The van der Waals surface area contributed by atoms with Crippen molar-refractivity contribution in [1.82, 2.24) is 0 Å². The van der Waals surface area contributed by atoms with E-state index in [9.17, 15) is 20.4 Å². The van der Waals surface area contributed by atoms with Gasteiger partial charge in [-0.25, -0.2) is 0 Å². The number of aryl methyl sites for hydroxylation is 1. The van der Waals surface area contributed by atoms with E-state index in [0.717, 1.165) is 22.4 Å². The molecule has 0 amide bonds. The van der Waals surface area contributed by atoms with Gasteiger partial charge in [0.25, 0.3) is 0 Å². The third kappa shape index (κ3) is 4.47. The van der Waals surface area contributed by atoms with Crippen LogP contribution in [0.1, 0.15) is 48.1 Å². The minimum atomic E-state index is -1.39. The molecule has 2 aromatic rings. The lowest BCUT2D eigenvalue weighted by Crippen LogP contribution is -2.55. The Bertz CT molecular complexity index is 804. The summed E-state index contributed by atoms with van der Waals surface area (Å²) in [5, 5.41) is 40.0. The number of rotatable bonds is 6. The van der Waals surface area contributed by atoms with Gasteiger partial charge in [-0.3, -0.25) is 0 Å². The maximum absolute atomic E-state index is 10.4. The Morgan fingerprint density at radius 1 is 1.00 bits per heavy atom. The molecule has 1 fully saturated rings. The van der Waals surface area contributed by atoms with E-state index in [1.165, 1.54) is 0 Å². The molecule has 1 aliphatic rings. The number of benzene rings is 2. The second-order valence-electron chi connectivity index (χ2n) is 7.59. The first-order valence-electron chi connectivity index (χ1n) is 10.0. The minimum Gasteiger partial charge on any atom is -0.494 e. The molecule has 6 nitrogen and oxygen atoms in total. The smallest absolute Gasteiger partial charge is 0.119 e. The van der Waals surface area contributed by atoms with E-state index >= 15 is 0 Å². The fourth-order valence-corrected chi connectivity index (χ4v) is 3.88. The Morgan fingerprint density at radius 2 is 1.69 bits per heavy atom. The molecule has 1 heterocycles. The van der Waals surface area contributed by atoms with E-state index in [0.29, 0.717) is 12.2 Å². The molecule has 3 rings (SSSR count). The van der Waals surface area contributed by atoms with Crippen LogP contribution in [0.4, 0.5) is 0 Å². The molecule has 0 spiro atoms. The lowest BCUT2D eigenvalue weighted by molar-refractivity contribution is -0.231. The zero-order valence-corrected chi connectivity index (χ0v) is 17.0. The molecule has 0 saturated carbocycles. The van der Waals surface area contributed by atoms with Gasteiger partial charge in [0.1, 0.15) is 36.3 Å². The van der Waals surface area contributed by atoms with Crippen LogP contribution in [0, 0.1) is 6.92 Å². The quantitative estimate of drug-likeness (QED) is 0.590. The van der Waals surface area contributed by atoms with Crippen LogP contribution in [0.25, 0.3) is 0 Å². The van der Waals surface area contributed by atoms with Crippen molar-refractivity contribution >= 4 is 0 Å². The summed E-state index contributed by atoms with van der Waals surface area (Å²) in [7, 11) is 0. The second-order valence-corrected chi connectivity index (χ2v) is 7.59. The highest BCUT2D eigenvalue weighted by Gasteiger charge is 2.44. The van der Waals surface area contributed by atoms with Crippen LogP contribution in [-0.2, 0) is 4.74 Å². The predicted octanol–water partition coefficient (Wildman–Crippen LogP) is 2.06. The summed E-state index contributed by atoms with van der Waals surface area (Å²) in [5.74, 6) is 0.922. The topological polar surface area (TPSA) is 99.4 Å². The van der Waals surface area contributed by atoms with Crippen molar-refractivity contribution in [3.05, 3.63) is 64.7 Å². The molecule has 158 valence electrons. The summed E-state index contributed by atoms with van der Waals surface area (Å²) >= 11 is 0. The largest absolute Gasteiger partial charge is 0.494 e. The molecule has 1 aliphatic heterocycles. The van der Waals surface area contributed by atoms with Crippen LogP contribution < -0.4 is 4.74 Å². The van der Waals surface area contributed by atoms with Gasteiger partial charge in [-0.15, -0.1) is 0 Å². The van der Waals surface area contributed by atoms with Crippen molar-refractivity contribution < 1.29 is 29.9 Å². The standard InChI is InChI=1S/C23H30O6/c1-4-28-17-9-7-15(8-10-17)14(3)18-11-16(6-5-13(18)2)23-22(27)21(26)20(25)19(12-24)29-23/h5-11,14,19-27H,4,12H2,1-3H3/t14?,19-,20-,21+,22-,23+/m1/s1. The molecular weight excluding hydrogens is 372 g/mol. The van der Waals surface area contributed by atoms with E-state index in [4.69, 9.17) is 9.47 Å². The number of hydrogen-bond donors (Lipinski definition) is 4. The van der Waals surface area contributed by atoms with Gasteiger partial charge in [0.15, 0.2) is 0 Å². The lowest BCUT2D eigenvalue weighted by Gasteiger charge is -2.40. The lowest BCUT2D eigenvalue weighted by atomic mass is 9.85. The summed E-state index contributed by atoms with van der Waals surface area (Å²) in [6.07, 6.45) is -5.80. The highest BCUT2D eigenvalue weighted by Crippen LogP contribution is 2.36. The van der Waals surface area contributed by atoms with Crippen LogP contribution >= 0.6 is 0 Å². The van der Waals surface area contributed by atoms with Crippen molar-refractivity contribution in [3.8, 4) is 5.75 Å². The van der Waals surface area contributed by atoms with Crippen molar-refractivity contribution in [2.24, 2.45) is 0 Å². The number of aliphatic hydroxyl groups excluding tert-OH is 4. The fourth-order valence-electron chi connectivity index (χ4n) is 3.88. The summed E-state index contributed by atoms with van der Waals surface area (Å²) in [6, 6.07) is 13.7. The van der Waals surface area contributed by atoms with Crippen LogP contribution in [0.5, 0.6) is 5.75 Å². The third-order valence-corrected chi connectivity index (χ3v) is 5.68. The zero-order chi connectivity index (χ0) is 21.1. The first-order valence-corrected chi connectivity index (χ1v) is 10.0. The third-order valence-electron chi connectivity index (χ3n) is 5.68. The number of ether oxygens (including phenoxy) is 2. The molecule has 1 unspecified atom stereocenters. The minimum absolute atomic E-state index is 0.0931. The molecule has 0 aliphatic carbocycles. The van der Waals surface area contributed by atoms with Crippen LogP contribution in [0.15, 0.2) is 42.5 Å². The Labute approximate surface area is 171 Å². The molecule has 6 atom stereocenters. The van der Waals surface area contributed by atoms with Crippen LogP contribution in [0.2, 0.25) is 0 Å². The first-order chi connectivity index (χ1) is 13.9. The molecule has 4 N–H and O–H groups in total. The van der Waals surface area contributed by atoms with E-state index in [1.807, 2.05) is 56.3 Å². The van der Waals surface area contributed by atoms with E-state index in [-0.39, 0.29) is 5.92 Å². The van der Waals surface area contributed by atoms with Crippen molar-refractivity contribution in [2.45, 2.75) is 57.2 Å². The SMILES string of the molecule is CCOc1ccc(C(C)c2cc([C@@H]3O[C@H](CO)[C@@H](O)[C@H](O)[C@H]3O)ccc2C)cc1. The number of aliphatic hydroxyl groups is 4. The van der Waals surface area contributed by atoms with Gasteiger partial charge in [0.2, 0.25) is 0 Å². The highest BCUT2D eigenvalue weighted by atomic mass is 16.5. The summed E-state index contributed by atoms with van der Waals surface area (Å²) in [4.78, 5) is 0. The average Bonchev–Trinajstić information content (AvgIpc) is 2.73. The first kappa shape index (κ1) is 21.7. The summed E-state index contributed by atoms with van der Waals surface area (Å²) < 4.78 is 11.2. The van der Waals surface area contributed by atoms with Crippen molar-refractivity contribution in [1.29, 1.82) is 0 Å². The molecule has 1 saturated heterocycles. The Morgan fingerprint density at radius 3 is 2.31 bits per heavy atom. The highest BCUT2D eigenvalue weighted by molar-refractivity contribution is 5.41. The second kappa shape index (κ2) is 9.24. The van der Waals surface area contributed by atoms with Crippen molar-refractivity contribution in [2.75, 3.05) is 13.2 Å². The van der Waals surface area contributed by atoms with Gasteiger partial charge < -0.3 is 29.9 Å². The van der Waals surface area contributed by atoms with Crippen molar-refractivity contribution in [3.63, 3.8) is 0 Å². The van der Waals surface area contributed by atoms with E-state index in [1.54, 1.807) is 0 Å². The van der Waals surface area contributed by atoms with Gasteiger partial charge in [-0.2, -0.15) is 0 Å². The Kier molecular flexibility index (Phi) is 6.93. The van der Waals surface area contributed by atoms with Crippen LogP contribution in [-0.4, -0.2) is 58.1 Å². The number of hydrogen-bond acceptors (Lipinski definition) is 6. The maximum atomic E-state index is 10.4. The Balaban J connectivity index is 1.89. The normalized spacial score (nSPS) is 28.2. The average molecular weight is 402 g/mol. The maximum Gasteiger partial charge on any atom is 0.119 e. The van der Waals surface area contributed by atoms with Gasteiger partial charge in [-0.1, -0.05) is 37.3 Å². The summed E-state index contributed by atoms with van der Waals surface area (Å²) in [5.41, 5.74) is 3.99. The van der Waals surface area contributed by atoms with E-state index < -0.39 is 37.1 Å². The zero-order valence-electron chi connectivity index (χ0n) is 17.0. The fraction of sp³-hybridized carbons (Fsp3) is 0.478. The van der Waals surface area contributed by atoms with Crippen LogP contribution in [0.3, 0.4) is 0 Å². The van der Waals surface area contributed by atoms with Gasteiger partial charge >= 0.3 is 0 Å². The Hall–Kier alpha value is -1.96. The predicted molar refractivity (Wildman–Crippen MR) is 109 cm³/mol.